The normalized spacial score (nSPS) is 17.2. The molecule has 0 saturated carbocycles. The number of carbonyl (C=O) groups excluding carboxylic acids is 1. The number of hydrogen-bond acceptors (Lipinski definition) is 2. The van der Waals surface area contributed by atoms with Crippen LogP contribution in [0.5, 0.6) is 0 Å². The number of rotatable bonds is 4. The van der Waals surface area contributed by atoms with Gasteiger partial charge in [0, 0.05) is 18.3 Å². The maximum Gasteiger partial charge on any atom is 0.325 e. The SMILES string of the molecule is CCCN(CC(=O)O)C(=O)N1c2ccccc2CCC1C. The summed E-state index contributed by atoms with van der Waals surface area (Å²) in [5.74, 6) is -0.977. The number of amides is 2. The van der Waals surface area contributed by atoms with E-state index in [-0.39, 0.29) is 18.6 Å². The first-order valence-corrected chi connectivity index (χ1v) is 7.42. The minimum Gasteiger partial charge on any atom is -0.480 e. The van der Waals surface area contributed by atoms with Gasteiger partial charge in [0.05, 0.1) is 0 Å². The lowest BCUT2D eigenvalue weighted by Crippen LogP contribution is -2.51. The van der Waals surface area contributed by atoms with Gasteiger partial charge < -0.3 is 10.0 Å². The van der Waals surface area contributed by atoms with E-state index in [0.29, 0.717) is 6.54 Å². The summed E-state index contributed by atoms with van der Waals surface area (Å²) in [6.07, 6.45) is 2.59. The van der Waals surface area contributed by atoms with Gasteiger partial charge in [-0.15, -0.1) is 0 Å². The highest BCUT2D eigenvalue weighted by Crippen LogP contribution is 2.31. The van der Waals surface area contributed by atoms with Crippen LogP contribution in [0.4, 0.5) is 10.5 Å². The number of nitrogens with zero attached hydrogens (tertiary/aromatic N) is 2. The molecule has 0 bridgehead atoms. The van der Waals surface area contributed by atoms with Crippen LogP contribution in [0, 0.1) is 0 Å². The molecule has 0 spiro atoms. The second kappa shape index (κ2) is 6.61. The van der Waals surface area contributed by atoms with E-state index in [1.54, 1.807) is 4.90 Å². The van der Waals surface area contributed by atoms with Gasteiger partial charge >= 0.3 is 12.0 Å². The summed E-state index contributed by atoms with van der Waals surface area (Å²) in [5.41, 5.74) is 2.06. The molecule has 114 valence electrons. The van der Waals surface area contributed by atoms with E-state index in [4.69, 9.17) is 5.11 Å². The van der Waals surface area contributed by atoms with Crippen LogP contribution in [0.2, 0.25) is 0 Å². The van der Waals surface area contributed by atoms with Crippen molar-refractivity contribution < 1.29 is 14.7 Å². The molecule has 0 saturated heterocycles. The number of benzene rings is 1. The van der Waals surface area contributed by atoms with Crippen LogP contribution >= 0.6 is 0 Å². The lowest BCUT2D eigenvalue weighted by molar-refractivity contribution is -0.137. The predicted molar refractivity (Wildman–Crippen MR) is 81.6 cm³/mol. The van der Waals surface area contributed by atoms with Gasteiger partial charge in [-0.3, -0.25) is 9.69 Å². The minimum atomic E-state index is -0.977. The zero-order valence-corrected chi connectivity index (χ0v) is 12.6. The Balaban J connectivity index is 2.29. The average Bonchev–Trinajstić information content (AvgIpc) is 2.45. The fraction of sp³-hybridized carbons (Fsp3) is 0.500. The van der Waals surface area contributed by atoms with Crippen molar-refractivity contribution in [2.45, 2.75) is 39.2 Å². The molecule has 0 aromatic heterocycles. The number of carbonyl (C=O) groups is 2. The molecule has 1 heterocycles. The van der Waals surface area contributed by atoms with Gasteiger partial charge in [0.25, 0.3) is 0 Å². The van der Waals surface area contributed by atoms with Gasteiger partial charge in [0.1, 0.15) is 6.54 Å². The van der Waals surface area contributed by atoms with Crippen molar-refractivity contribution in [3.05, 3.63) is 29.8 Å². The number of carboxylic acid groups (broad SMARTS) is 1. The van der Waals surface area contributed by atoms with E-state index in [1.807, 2.05) is 38.1 Å². The number of fused-ring (bicyclic) bond motifs is 1. The Morgan fingerprint density at radius 2 is 2.10 bits per heavy atom. The summed E-state index contributed by atoms with van der Waals surface area (Å²) in [6, 6.07) is 7.73. The highest BCUT2D eigenvalue weighted by Gasteiger charge is 2.31. The Hall–Kier alpha value is -2.04. The highest BCUT2D eigenvalue weighted by atomic mass is 16.4. The molecule has 0 radical (unpaired) electrons. The molecule has 1 aliphatic heterocycles. The molecule has 0 aliphatic carbocycles. The van der Waals surface area contributed by atoms with Gasteiger partial charge in [-0.05, 0) is 37.8 Å². The van der Waals surface area contributed by atoms with Crippen molar-refractivity contribution in [2.75, 3.05) is 18.0 Å². The summed E-state index contributed by atoms with van der Waals surface area (Å²) < 4.78 is 0. The zero-order valence-electron chi connectivity index (χ0n) is 12.6. The number of aryl methyl sites for hydroxylation is 1. The highest BCUT2D eigenvalue weighted by molar-refractivity contribution is 5.95. The Morgan fingerprint density at radius 3 is 2.76 bits per heavy atom. The second-order valence-electron chi connectivity index (χ2n) is 5.48. The van der Waals surface area contributed by atoms with Crippen molar-refractivity contribution in [2.24, 2.45) is 0 Å². The first-order valence-electron chi connectivity index (χ1n) is 7.42. The van der Waals surface area contributed by atoms with Crippen LogP contribution in [0.25, 0.3) is 0 Å². The predicted octanol–water partition coefficient (Wildman–Crippen LogP) is 2.74. The Morgan fingerprint density at radius 1 is 1.38 bits per heavy atom. The standard InChI is InChI=1S/C16H22N2O3/c1-3-10-17(11-15(19)20)16(21)18-12(2)8-9-13-6-4-5-7-14(13)18/h4-7,12H,3,8-11H2,1-2H3,(H,19,20). The van der Waals surface area contributed by atoms with E-state index >= 15 is 0 Å². The topological polar surface area (TPSA) is 60.9 Å². The third-order valence-corrected chi connectivity index (χ3v) is 3.82. The maximum absolute atomic E-state index is 12.8. The molecule has 1 unspecified atom stereocenters. The van der Waals surface area contributed by atoms with Gasteiger partial charge in [-0.1, -0.05) is 25.1 Å². The molecule has 5 heteroatoms. The van der Waals surface area contributed by atoms with Crippen LogP contribution in [0.15, 0.2) is 24.3 Å². The summed E-state index contributed by atoms with van der Waals surface area (Å²) in [7, 11) is 0. The van der Waals surface area contributed by atoms with Gasteiger partial charge in [0.2, 0.25) is 0 Å². The van der Waals surface area contributed by atoms with Crippen molar-refractivity contribution in [1.82, 2.24) is 4.90 Å². The number of carboxylic acids is 1. The monoisotopic (exact) mass is 290 g/mol. The van der Waals surface area contributed by atoms with Gasteiger partial charge in [-0.2, -0.15) is 0 Å². The fourth-order valence-electron chi connectivity index (χ4n) is 2.81. The first-order chi connectivity index (χ1) is 10.0. The largest absolute Gasteiger partial charge is 0.480 e. The van der Waals surface area contributed by atoms with E-state index in [0.717, 1.165) is 30.5 Å². The van der Waals surface area contributed by atoms with E-state index < -0.39 is 5.97 Å². The summed E-state index contributed by atoms with van der Waals surface area (Å²) in [5, 5.41) is 9.01. The van der Waals surface area contributed by atoms with Crippen LogP contribution in [0.3, 0.4) is 0 Å². The zero-order chi connectivity index (χ0) is 15.4. The number of anilines is 1. The van der Waals surface area contributed by atoms with Crippen LogP contribution in [-0.4, -0.2) is 41.1 Å². The quantitative estimate of drug-likeness (QED) is 0.927. The Labute approximate surface area is 125 Å². The van der Waals surface area contributed by atoms with Crippen LogP contribution < -0.4 is 4.90 Å². The molecule has 1 atom stereocenters. The molecule has 1 aromatic carbocycles. The lowest BCUT2D eigenvalue weighted by atomic mass is 9.97. The number of para-hydroxylation sites is 1. The van der Waals surface area contributed by atoms with Gasteiger partial charge in [0.15, 0.2) is 0 Å². The van der Waals surface area contributed by atoms with E-state index in [1.165, 1.54) is 4.90 Å². The number of aliphatic carboxylic acids is 1. The smallest absolute Gasteiger partial charge is 0.325 e. The molecule has 2 amide bonds. The number of urea groups is 1. The number of hydrogen-bond donors (Lipinski definition) is 1. The molecule has 0 fully saturated rings. The molecule has 2 rings (SSSR count). The maximum atomic E-state index is 12.8. The average molecular weight is 290 g/mol. The van der Waals surface area contributed by atoms with Crippen molar-refractivity contribution in [3.8, 4) is 0 Å². The third kappa shape index (κ3) is 3.35. The fourth-order valence-corrected chi connectivity index (χ4v) is 2.81. The van der Waals surface area contributed by atoms with Gasteiger partial charge in [-0.25, -0.2) is 4.79 Å². The molecule has 1 N–H and O–H groups in total. The summed E-state index contributed by atoms with van der Waals surface area (Å²) in [6.45, 7) is 4.16. The van der Waals surface area contributed by atoms with Crippen LogP contribution in [0.1, 0.15) is 32.3 Å². The molecule has 1 aromatic rings. The minimum absolute atomic E-state index is 0.0838. The second-order valence-corrected chi connectivity index (χ2v) is 5.48. The molecular weight excluding hydrogens is 268 g/mol. The molecule has 5 nitrogen and oxygen atoms in total. The molecule has 1 aliphatic rings. The first kappa shape index (κ1) is 15.4. The Kier molecular flexibility index (Phi) is 4.83. The van der Waals surface area contributed by atoms with Crippen molar-refractivity contribution in [1.29, 1.82) is 0 Å². The van der Waals surface area contributed by atoms with Crippen molar-refractivity contribution >= 4 is 17.7 Å². The summed E-state index contributed by atoms with van der Waals surface area (Å²) in [4.78, 5) is 26.9. The van der Waals surface area contributed by atoms with Crippen LogP contribution in [-0.2, 0) is 11.2 Å². The molecular formula is C16H22N2O3. The lowest BCUT2D eigenvalue weighted by Gasteiger charge is -2.38. The Bertz CT molecular complexity index is 530. The van der Waals surface area contributed by atoms with Crippen molar-refractivity contribution in [3.63, 3.8) is 0 Å². The summed E-state index contributed by atoms with van der Waals surface area (Å²) >= 11 is 0. The third-order valence-electron chi connectivity index (χ3n) is 3.82. The van der Waals surface area contributed by atoms with E-state index in [9.17, 15) is 9.59 Å². The molecule has 21 heavy (non-hydrogen) atoms. The van der Waals surface area contributed by atoms with E-state index in [2.05, 4.69) is 0 Å².